The number of carbonyl (C=O) groups is 1. The zero-order valence-corrected chi connectivity index (χ0v) is 12.7. The minimum Gasteiger partial charge on any atom is -0.399 e. The van der Waals surface area contributed by atoms with Gasteiger partial charge in [-0.1, -0.05) is 17.7 Å². The van der Waals surface area contributed by atoms with Gasteiger partial charge in [0.1, 0.15) is 5.82 Å². The van der Waals surface area contributed by atoms with E-state index in [4.69, 9.17) is 17.3 Å². The summed E-state index contributed by atoms with van der Waals surface area (Å²) in [6, 6.07) is 11.1. The van der Waals surface area contributed by atoms with Gasteiger partial charge < -0.3 is 11.1 Å². The van der Waals surface area contributed by atoms with Gasteiger partial charge in [0.25, 0.3) is 0 Å². The molecule has 3 N–H and O–H groups in total. The van der Waals surface area contributed by atoms with Gasteiger partial charge in [-0.15, -0.1) is 11.8 Å². The predicted octanol–water partition coefficient (Wildman–Crippen LogP) is 4.18. The van der Waals surface area contributed by atoms with Crippen LogP contribution < -0.4 is 11.1 Å². The second-order valence-corrected chi connectivity index (χ2v) is 5.89. The lowest BCUT2D eigenvalue weighted by atomic mass is 10.3. The third kappa shape index (κ3) is 4.95. The standard InChI is InChI=1S/C15H14ClFN2OS/c16-13-9-11(18)4-5-14(13)21-7-6-15(20)19-12-3-1-2-10(17)8-12/h1-5,8-9H,6-7,18H2,(H,19,20). The summed E-state index contributed by atoms with van der Waals surface area (Å²) >= 11 is 7.52. The maximum Gasteiger partial charge on any atom is 0.225 e. The second-order valence-electron chi connectivity index (χ2n) is 4.35. The third-order valence-electron chi connectivity index (χ3n) is 2.65. The highest BCUT2D eigenvalue weighted by molar-refractivity contribution is 7.99. The van der Waals surface area contributed by atoms with Gasteiger partial charge in [0, 0.05) is 28.4 Å². The van der Waals surface area contributed by atoms with Crippen molar-refractivity contribution in [3.8, 4) is 0 Å². The summed E-state index contributed by atoms with van der Waals surface area (Å²) in [5.74, 6) is 0.0284. The Bertz CT molecular complexity index is 651. The Morgan fingerprint density at radius 3 is 2.81 bits per heavy atom. The van der Waals surface area contributed by atoms with E-state index in [0.717, 1.165) is 4.90 Å². The Kier molecular flexibility index (Phi) is 5.47. The number of nitrogens with one attached hydrogen (secondary N) is 1. The van der Waals surface area contributed by atoms with Crippen LogP contribution in [-0.4, -0.2) is 11.7 Å². The highest BCUT2D eigenvalue weighted by atomic mass is 35.5. The Labute approximate surface area is 131 Å². The van der Waals surface area contributed by atoms with Crippen LogP contribution in [0.25, 0.3) is 0 Å². The van der Waals surface area contributed by atoms with Crippen molar-refractivity contribution in [1.82, 2.24) is 0 Å². The zero-order chi connectivity index (χ0) is 15.2. The number of hydrogen-bond acceptors (Lipinski definition) is 3. The molecule has 0 aliphatic carbocycles. The van der Waals surface area contributed by atoms with Crippen LogP contribution in [0.3, 0.4) is 0 Å². The summed E-state index contributed by atoms with van der Waals surface area (Å²) < 4.78 is 13.0. The lowest BCUT2D eigenvalue weighted by Crippen LogP contribution is -2.12. The number of anilines is 2. The fourth-order valence-electron chi connectivity index (χ4n) is 1.68. The second kappa shape index (κ2) is 7.33. The van der Waals surface area contributed by atoms with E-state index in [0.29, 0.717) is 28.6 Å². The Morgan fingerprint density at radius 2 is 2.10 bits per heavy atom. The monoisotopic (exact) mass is 324 g/mol. The Morgan fingerprint density at radius 1 is 1.29 bits per heavy atom. The number of rotatable bonds is 5. The molecular formula is C15H14ClFN2OS. The molecule has 2 aromatic carbocycles. The van der Waals surface area contributed by atoms with E-state index in [9.17, 15) is 9.18 Å². The molecule has 21 heavy (non-hydrogen) atoms. The van der Waals surface area contributed by atoms with Crippen LogP contribution >= 0.6 is 23.4 Å². The summed E-state index contributed by atoms with van der Waals surface area (Å²) in [6.07, 6.45) is 0.307. The zero-order valence-electron chi connectivity index (χ0n) is 11.1. The predicted molar refractivity (Wildman–Crippen MR) is 86.2 cm³/mol. The molecule has 0 fully saturated rings. The number of benzene rings is 2. The van der Waals surface area contributed by atoms with Gasteiger partial charge in [-0.2, -0.15) is 0 Å². The number of nitrogens with two attached hydrogens (primary N) is 1. The van der Waals surface area contributed by atoms with Crippen LogP contribution in [0.15, 0.2) is 47.4 Å². The smallest absolute Gasteiger partial charge is 0.225 e. The van der Waals surface area contributed by atoms with Crippen LogP contribution in [0.2, 0.25) is 5.02 Å². The van der Waals surface area contributed by atoms with E-state index in [2.05, 4.69) is 5.32 Å². The molecule has 3 nitrogen and oxygen atoms in total. The molecule has 0 aliphatic heterocycles. The van der Waals surface area contributed by atoms with Crippen LogP contribution in [0.5, 0.6) is 0 Å². The molecule has 0 saturated carbocycles. The Balaban J connectivity index is 1.81. The normalized spacial score (nSPS) is 10.4. The molecular weight excluding hydrogens is 311 g/mol. The maximum absolute atomic E-state index is 13.0. The van der Waals surface area contributed by atoms with Crippen molar-refractivity contribution >= 4 is 40.6 Å². The van der Waals surface area contributed by atoms with E-state index in [1.165, 1.54) is 23.9 Å². The first-order valence-electron chi connectivity index (χ1n) is 6.28. The van der Waals surface area contributed by atoms with E-state index in [1.807, 2.05) is 6.07 Å². The number of thioether (sulfide) groups is 1. The minimum atomic E-state index is -0.379. The largest absolute Gasteiger partial charge is 0.399 e. The van der Waals surface area contributed by atoms with Crippen molar-refractivity contribution in [3.63, 3.8) is 0 Å². The molecule has 0 aliphatic rings. The third-order valence-corrected chi connectivity index (χ3v) is 4.15. The number of amides is 1. The van der Waals surface area contributed by atoms with Crippen LogP contribution in [0.1, 0.15) is 6.42 Å². The lowest BCUT2D eigenvalue weighted by Gasteiger charge is -2.06. The molecule has 0 heterocycles. The Hall–Kier alpha value is -1.72. The number of hydrogen-bond donors (Lipinski definition) is 2. The van der Waals surface area contributed by atoms with Crippen molar-refractivity contribution in [2.45, 2.75) is 11.3 Å². The summed E-state index contributed by atoms with van der Waals surface area (Å²) in [5.41, 5.74) is 6.67. The molecule has 0 spiro atoms. The maximum atomic E-state index is 13.0. The van der Waals surface area contributed by atoms with E-state index in [1.54, 1.807) is 24.3 Å². The van der Waals surface area contributed by atoms with Gasteiger partial charge in [-0.3, -0.25) is 4.79 Å². The molecule has 0 bridgehead atoms. The molecule has 110 valence electrons. The molecule has 0 radical (unpaired) electrons. The summed E-state index contributed by atoms with van der Waals surface area (Å²) in [7, 11) is 0. The van der Waals surface area contributed by atoms with Gasteiger partial charge >= 0.3 is 0 Å². The van der Waals surface area contributed by atoms with Gasteiger partial charge in [0.2, 0.25) is 5.91 Å². The van der Waals surface area contributed by atoms with Gasteiger partial charge in [0.15, 0.2) is 0 Å². The number of carbonyl (C=O) groups excluding carboxylic acids is 1. The highest BCUT2D eigenvalue weighted by Gasteiger charge is 2.06. The molecule has 2 aromatic rings. The quantitative estimate of drug-likeness (QED) is 0.640. The fraction of sp³-hybridized carbons (Fsp3) is 0.133. The molecule has 0 aromatic heterocycles. The topological polar surface area (TPSA) is 55.1 Å². The fourth-order valence-corrected chi connectivity index (χ4v) is 2.90. The first kappa shape index (κ1) is 15.7. The van der Waals surface area contributed by atoms with Crippen LogP contribution in [-0.2, 0) is 4.79 Å². The van der Waals surface area contributed by atoms with Gasteiger partial charge in [-0.05, 0) is 36.4 Å². The first-order valence-corrected chi connectivity index (χ1v) is 7.64. The molecule has 6 heteroatoms. The van der Waals surface area contributed by atoms with Crippen LogP contribution in [0, 0.1) is 5.82 Å². The average molecular weight is 325 g/mol. The molecule has 0 saturated heterocycles. The molecule has 1 amide bonds. The van der Waals surface area contributed by atoms with Gasteiger partial charge in [0.05, 0.1) is 5.02 Å². The van der Waals surface area contributed by atoms with E-state index in [-0.39, 0.29) is 11.7 Å². The summed E-state index contributed by atoms with van der Waals surface area (Å²) in [6.45, 7) is 0. The molecule has 2 rings (SSSR count). The SMILES string of the molecule is Nc1ccc(SCCC(=O)Nc2cccc(F)c2)c(Cl)c1. The van der Waals surface area contributed by atoms with Gasteiger partial charge in [-0.25, -0.2) is 4.39 Å². The lowest BCUT2D eigenvalue weighted by molar-refractivity contribution is -0.115. The summed E-state index contributed by atoms with van der Waals surface area (Å²) in [4.78, 5) is 12.6. The number of nitrogen functional groups attached to an aromatic ring is 1. The van der Waals surface area contributed by atoms with Crippen molar-refractivity contribution in [2.24, 2.45) is 0 Å². The first-order chi connectivity index (χ1) is 10.0. The molecule has 0 atom stereocenters. The average Bonchev–Trinajstić information content (AvgIpc) is 2.41. The molecule has 0 unspecified atom stereocenters. The highest BCUT2D eigenvalue weighted by Crippen LogP contribution is 2.29. The van der Waals surface area contributed by atoms with Crippen molar-refractivity contribution < 1.29 is 9.18 Å². The van der Waals surface area contributed by atoms with Crippen molar-refractivity contribution in [3.05, 3.63) is 53.3 Å². The van der Waals surface area contributed by atoms with Crippen molar-refractivity contribution in [2.75, 3.05) is 16.8 Å². The van der Waals surface area contributed by atoms with E-state index < -0.39 is 0 Å². The van der Waals surface area contributed by atoms with Crippen LogP contribution in [0.4, 0.5) is 15.8 Å². The summed E-state index contributed by atoms with van der Waals surface area (Å²) in [5, 5.41) is 3.22. The minimum absolute atomic E-state index is 0.167. The number of halogens is 2. The van der Waals surface area contributed by atoms with Crippen molar-refractivity contribution in [1.29, 1.82) is 0 Å². The van der Waals surface area contributed by atoms with E-state index >= 15 is 0 Å².